The van der Waals surface area contributed by atoms with E-state index in [-0.39, 0.29) is 11.6 Å². The van der Waals surface area contributed by atoms with Crippen molar-refractivity contribution in [2.45, 2.75) is 6.92 Å². The Kier molecular flexibility index (Phi) is 2.97. The van der Waals surface area contributed by atoms with Crippen molar-refractivity contribution in [2.75, 3.05) is 12.8 Å². The lowest BCUT2D eigenvalue weighted by Crippen LogP contribution is -1.94. The molecule has 2 rings (SSSR count). The van der Waals surface area contributed by atoms with Gasteiger partial charge in [-0.3, -0.25) is 0 Å². The van der Waals surface area contributed by atoms with Crippen molar-refractivity contribution in [3.63, 3.8) is 0 Å². The molecule has 3 N–H and O–H groups in total. The quantitative estimate of drug-likeness (QED) is 0.891. The summed E-state index contributed by atoms with van der Waals surface area (Å²) >= 11 is 3.36. The topological polar surface area (TPSA) is 81.5 Å². The van der Waals surface area contributed by atoms with Gasteiger partial charge in [0.2, 0.25) is 5.88 Å². The lowest BCUT2D eigenvalue weighted by Gasteiger charge is -2.13. The zero-order chi connectivity index (χ0) is 12.6. The van der Waals surface area contributed by atoms with E-state index in [1.165, 1.54) is 13.3 Å². The molecule has 0 saturated heterocycles. The third-order valence-electron chi connectivity index (χ3n) is 2.53. The smallest absolute Gasteiger partial charge is 0.230 e. The van der Waals surface area contributed by atoms with Gasteiger partial charge in [0.25, 0.3) is 0 Å². The highest BCUT2D eigenvalue weighted by Crippen LogP contribution is 2.44. The average molecular weight is 299 g/mol. The third kappa shape index (κ3) is 1.84. The van der Waals surface area contributed by atoms with Crippen molar-refractivity contribution in [3.8, 4) is 22.6 Å². The van der Waals surface area contributed by atoms with Crippen molar-refractivity contribution in [1.29, 1.82) is 0 Å². The van der Waals surface area contributed by atoms with Gasteiger partial charge in [0.1, 0.15) is 0 Å². The van der Waals surface area contributed by atoms with Gasteiger partial charge in [0.15, 0.2) is 11.5 Å². The van der Waals surface area contributed by atoms with Crippen molar-refractivity contribution in [2.24, 2.45) is 0 Å². The molecule has 5 nitrogen and oxygen atoms in total. The molecular weight excluding hydrogens is 288 g/mol. The van der Waals surface area contributed by atoms with Crippen molar-refractivity contribution in [3.05, 3.63) is 22.3 Å². The van der Waals surface area contributed by atoms with Crippen LogP contribution in [-0.4, -0.2) is 17.4 Å². The molecule has 1 aromatic heterocycles. The Morgan fingerprint density at radius 2 is 2.24 bits per heavy atom. The summed E-state index contributed by atoms with van der Waals surface area (Å²) in [4.78, 5) is 0. The van der Waals surface area contributed by atoms with E-state index in [0.29, 0.717) is 16.9 Å². The molecule has 0 spiro atoms. The molecule has 1 aromatic carbocycles. The summed E-state index contributed by atoms with van der Waals surface area (Å²) in [7, 11) is 1.48. The molecule has 0 aliphatic rings. The fourth-order valence-electron chi connectivity index (χ4n) is 1.68. The Hall–Kier alpha value is -1.69. The predicted octanol–water partition coefficient (Wildman–Crippen LogP) is 2.71. The number of rotatable bonds is 2. The van der Waals surface area contributed by atoms with Crippen LogP contribution in [0.3, 0.4) is 0 Å². The van der Waals surface area contributed by atoms with E-state index >= 15 is 0 Å². The zero-order valence-electron chi connectivity index (χ0n) is 9.32. The molecule has 0 aliphatic heterocycles. The Labute approximate surface area is 106 Å². The molecular formula is C11H11BrN2O3. The summed E-state index contributed by atoms with van der Waals surface area (Å²) in [5.41, 5.74) is 7.83. The second-order valence-electron chi connectivity index (χ2n) is 3.51. The second-order valence-corrected chi connectivity index (χ2v) is 4.37. The van der Waals surface area contributed by atoms with Crippen molar-refractivity contribution < 1.29 is 14.4 Å². The van der Waals surface area contributed by atoms with Crippen LogP contribution < -0.4 is 10.5 Å². The highest BCUT2D eigenvalue weighted by Gasteiger charge is 2.20. The molecule has 2 aromatic rings. The van der Waals surface area contributed by atoms with Gasteiger partial charge >= 0.3 is 0 Å². The van der Waals surface area contributed by atoms with E-state index < -0.39 is 0 Å². The normalized spacial score (nSPS) is 10.5. The van der Waals surface area contributed by atoms with E-state index in [0.717, 1.165) is 10.0 Å². The Balaban J connectivity index is 2.80. The number of hydrogen-bond acceptors (Lipinski definition) is 5. The lowest BCUT2D eigenvalue weighted by molar-refractivity contribution is 0.374. The molecule has 0 saturated carbocycles. The molecule has 0 amide bonds. The molecule has 17 heavy (non-hydrogen) atoms. The molecule has 0 radical (unpaired) electrons. The van der Waals surface area contributed by atoms with Crippen LogP contribution >= 0.6 is 15.9 Å². The number of nitrogens with two attached hydrogens (primary N) is 1. The molecule has 0 atom stereocenters. The van der Waals surface area contributed by atoms with Crippen LogP contribution in [0.15, 0.2) is 21.3 Å². The van der Waals surface area contributed by atoms with Crippen LogP contribution in [-0.2, 0) is 0 Å². The fourth-order valence-corrected chi connectivity index (χ4v) is 2.09. The number of anilines is 1. The van der Waals surface area contributed by atoms with Gasteiger partial charge in [-0.1, -0.05) is 21.1 Å². The first kappa shape index (κ1) is 11.8. The first-order valence-corrected chi connectivity index (χ1v) is 5.62. The van der Waals surface area contributed by atoms with Gasteiger partial charge < -0.3 is 20.1 Å². The van der Waals surface area contributed by atoms with Gasteiger partial charge in [-0.15, -0.1) is 0 Å². The number of ether oxygens (including phenoxy) is 1. The summed E-state index contributed by atoms with van der Waals surface area (Å²) in [5.74, 6) is 0.560. The standard InChI is InChI=1S/C11H11BrN2O3/c1-5-7(12)3-8(15)10(16-2)9(5)6-4-14-17-11(6)13/h3-4,15H,13H2,1-2H3. The molecule has 1 heterocycles. The van der Waals surface area contributed by atoms with Crippen molar-refractivity contribution >= 4 is 21.8 Å². The van der Waals surface area contributed by atoms with Crippen LogP contribution in [0.4, 0.5) is 5.88 Å². The van der Waals surface area contributed by atoms with Crippen LogP contribution in [0.25, 0.3) is 11.1 Å². The molecule has 90 valence electrons. The minimum atomic E-state index is 0.0283. The number of nitrogens with zero attached hydrogens (tertiary/aromatic N) is 1. The largest absolute Gasteiger partial charge is 0.504 e. The number of benzene rings is 1. The van der Waals surface area contributed by atoms with E-state index in [2.05, 4.69) is 21.1 Å². The fraction of sp³-hybridized carbons (Fsp3) is 0.182. The molecule has 6 heteroatoms. The summed E-state index contributed by atoms with van der Waals surface area (Å²) in [5, 5.41) is 13.5. The maximum atomic E-state index is 9.84. The van der Waals surface area contributed by atoms with E-state index in [9.17, 15) is 5.11 Å². The van der Waals surface area contributed by atoms with Gasteiger partial charge in [-0.05, 0) is 18.6 Å². The number of phenols is 1. The number of nitrogen functional groups attached to an aromatic ring is 1. The molecule has 0 unspecified atom stereocenters. The number of halogens is 1. The Morgan fingerprint density at radius 1 is 1.53 bits per heavy atom. The Bertz CT molecular complexity index is 566. The molecule has 0 aliphatic carbocycles. The summed E-state index contributed by atoms with van der Waals surface area (Å²) < 4.78 is 10.8. The highest BCUT2D eigenvalue weighted by molar-refractivity contribution is 9.10. The lowest BCUT2D eigenvalue weighted by atomic mass is 10.0. The Morgan fingerprint density at radius 3 is 2.76 bits per heavy atom. The van der Waals surface area contributed by atoms with Crippen LogP contribution in [0.5, 0.6) is 11.5 Å². The van der Waals surface area contributed by atoms with Gasteiger partial charge in [-0.25, -0.2) is 0 Å². The first-order valence-electron chi connectivity index (χ1n) is 4.82. The summed E-state index contributed by atoms with van der Waals surface area (Å²) in [6, 6.07) is 1.57. The van der Waals surface area contributed by atoms with Crippen LogP contribution in [0.1, 0.15) is 5.56 Å². The highest BCUT2D eigenvalue weighted by atomic mass is 79.9. The van der Waals surface area contributed by atoms with E-state index in [1.807, 2.05) is 6.92 Å². The van der Waals surface area contributed by atoms with E-state index in [1.54, 1.807) is 6.07 Å². The van der Waals surface area contributed by atoms with Gasteiger partial charge in [0, 0.05) is 10.0 Å². The minimum Gasteiger partial charge on any atom is -0.504 e. The summed E-state index contributed by atoms with van der Waals surface area (Å²) in [6.45, 7) is 1.88. The van der Waals surface area contributed by atoms with Crippen LogP contribution in [0, 0.1) is 6.92 Å². The number of methoxy groups -OCH3 is 1. The predicted molar refractivity (Wildman–Crippen MR) is 67.0 cm³/mol. The number of aromatic hydroxyl groups is 1. The van der Waals surface area contributed by atoms with Crippen molar-refractivity contribution in [1.82, 2.24) is 5.16 Å². The third-order valence-corrected chi connectivity index (χ3v) is 3.35. The zero-order valence-corrected chi connectivity index (χ0v) is 10.9. The number of phenolic OH excluding ortho intramolecular Hbond substituents is 1. The number of aromatic nitrogens is 1. The monoisotopic (exact) mass is 298 g/mol. The molecule has 0 fully saturated rings. The van der Waals surface area contributed by atoms with Gasteiger partial charge in [-0.2, -0.15) is 0 Å². The SMILES string of the molecule is COc1c(O)cc(Br)c(C)c1-c1cnoc1N. The summed E-state index contributed by atoms with van der Waals surface area (Å²) in [6.07, 6.45) is 1.49. The number of hydrogen-bond donors (Lipinski definition) is 2. The van der Waals surface area contributed by atoms with E-state index in [4.69, 9.17) is 15.0 Å². The average Bonchev–Trinajstić information content (AvgIpc) is 2.69. The minimum absolute atomic E-state index is 0.0283. The van der Waals surface area contributed by atoms with Crippen LogP contribution in [0.2, 0.25) is 0 Å². The van der Waals surface area contributed by atoms with Gasteiger partial charge in [0.05, 0.1) is 18.9 Å². The second kappa shape index (κ2) is 4.29. The molecule has 0 bridgehead atoms. The maximum absolute atomic E-state index is 9.84. The first-order chi connectivity index (χ1) is 8.06. The maximum Gasteiger partial charge on any atom is 0.230 e.